The van der Waals surface area contributed by atoms with Crippen molar-refractivity contribution in [1.29, 1.82) is 5.26 Å². The van der Waals surface area contributed by atoms with Crippen LogP contribution in [0.15, 0.2) is 36.5 Å². The van der Waals surface area contributed by atoms with Crippen LogP contribution in [0.5, 0.6) is 0 Å². The number of aromatic nitrogens is 3. The molecular weight excluding hydrogens is 248 g/mol. The van der Waals surface area contributed by atoms with Crippen molar-refractivity contribution in [1.82, 2.24) is 14.5 Å². The van der Waals surface area contributed by atoms with Crippen LogP contribution in [0, 0.1) is 18.3 Å². The Morgan fingerprint density at radius 1 is 1.30 bits per heavy atom. The maximum absolute atomic E-state index is 9.00. The molecule has 98 valence electrons. The van der Waals surface area contributed by atoms with Gasteiger partial charge in [0.1, 0.15) is 5.82 Å². The number of aryl methyl sites for hydroxylation is 2. The molecule has 0 amide bonds. The first-order valence-electron chi connectivity index (χ1n) is 6.57. The monoisotopic (exact) mass is 262 g/mol. The molecule has 0 spiro atoms. The van der Waals surface area contributed by atoms with Crippen molar-refractivity contribution in [2.75, 3.05) is 0 Å². The Hall–Kier alpha value is -2.67. The van der Waals surface area contributed by atoms with Gasteiger partial charge in [-0.3, -0.25) is 4.98 Å². The van der Waals surface area contributed by atoms with Crippen LogP contribution in [-0.2, 0) is 6.54 Å². The van der Waals surface area contributed by atoms with Gasteiger partial charge < -0.3 is 4.57 Å². The molecule has 2 heterocycles. The average Bonchev–Trinajstić information content (AvgIpc) is 2.84. The quantitative estimate of drug-likeness (QED) is 0.712. The summed E-state index contributed by atoms with van der Waals surface area (Å²) in [4.78, 5) is 9.02. The van der Waals surface area contributed by atoms with Crippen LogP contribution in [0.2, 0.25) is 0 Å². The van der Waals surface area contributed by atoms with Gasteiger partial charge in [-0.1, -0.05) is 0 Å². The SMILES string of the molecule is CCn1c(-c2cccnc2C)nc2cc(C#N)ccc21. The van der Waals surface area contributed by atoms with E-state index in [2.05, 4.69) is 22.5 Å². The summed E-state index contributed by atoms with van der Waals surface area (Å²) in [5.74, 6) is 0.906. The summed E-state index contributed by atoms with van der Waals surface area (Å²) in [6.07, 6.45) is 1.78. The number of hydrogen-bond acceptors (Lipinski definition) is 3. The Morgan fingerprint density at radius 2 is 2.15 bits per heavy atom. The lowest BCUT2D eigenvalue weighted by Gasteiger charge is -2.07. The van der Waals surface area contributed by atoms with Crippen LogP contribution in [-0.4, -0.2) is 14.5 Å². The maximum Gasteiger partial charge on any atom is 0.142 e. The van der Waals surface area contributed by atoms with Crippen LogP contribution in [0.25, 0.3) is 22.4 Å². The fourth-order valence-electron chi connectivity index (χ4n) is 2.45. The van der Waals surface area contributed by atoms with Gasteiger partial charge in [0, 0.05) is 24.0 Å². The van der Waals surface area contributed by atoms with E-state index in [1.165, 1.54) is 0 Å². The average molecular weight is 262 g/mol. The lowest BCUT2D eigenvalue weighted by atomic mass is 10.2. The minimum Gasteiger partial charge on any atom is -0.324 e. The summed E-state index contributed by atoms with van der Waals surface area (Å²) in [5, 5.41) is 9.00. The van der Waals surface area contributed by atoms with Crippen molar-refractivity contribution in [2.45, 2.75) is 20.4 Å². The number of nitrogens with zero attached hydrogens (tertiary/aromatic N) is 4. The summed E-state index contributed by atoms with van der Waals surface area (Å²) in [5.41, 5.74) is 4.52. The molecule has 0 fully saturated rings. The van der Waals surface area contributed by atoms with Gasteiger partial charge in [0.2, 0.25) is 0 Å². The molecule has 0 aliphatic carbocycles. The highest BCUT2D eigenvalue weighted by Gasteiger charge is 2.13. The van der Waals surface area contributed by atoms with Gasteiger partial charge in [-0.25, -0.2) is 4.98 Å². The van der Waals surface area contributed by atoms with E-state index in [1.54, 1.807) is 6.20 Å². The molecule has 0 saturated heterocycles. The third kappa shape index (κ3) is 1.84. The Kier molecular flexibility index (Phi) is 2.96. The summed E-state index contributed by atoms with van der Waals surface area (Å²) in [6.45, 7) is 4.90. The number of hydrogen-bond donors (Lipinski definition) is 0. The first-order valence-corrected chi connectivity index (χ1v) is 6.57. The Bertz CT molecular complexity index is 824. The van der Waals surface area contributed by atoms with Gasteiger partial charge in [0.15, 0.2) is 0 Å². The first-order chi connectivity index (χ1) is 9.74. The molecule has 0 atom stereocenters. The Morgan fingerprint density at radius 3 is 2.85 bits per heavy atom. The highest BCUT2D eigenvalue weighted by atomic mass is 15.1. The number of rotatable bonds is 2. The second-order valence-corrected chi connectivity index (χ2v) is 4.63. The lowest BCUT2D eigenvalue weighted by Crippen LogP contribution is -1.99. The lowest BCUT2D eigenvalue weighted by molar-refractivity contribution is 0.795. The number of benzene rings is 1. The highest BCUT2D eigenvalue weighted by Crippen LogP contribution is 2.26. The van der Waals surface area contributed by atoms with Crippen molar-refractivity contribution >= 4 is 11.0 Å². The van der Waals surface area contributed by atoms with Gasteiger partial charge in [0.05, 0.1) is 22.7 Å². The number of nitriles is 1. The van der Waals surface area contributed by atoms with Gasteiger partial charge in [-0.15, -0.1) is 0 Å². The second-order valence-electron chi connectivity index (χ2n) is 4.63. The largest absolute Gasteiger partial charge is 0.324 e. The molecule has 20 heavy (non-hydrogen) atoms. The van der Waals surface area contributed by atoms with Crippen LogP contribution in [0.1, 0.15) is 18.2 Å². The van der Waals surface area contributed by atoms with E-state index >= 15 is 0 Å². The molecule has 0 N–H and O–H groups in total. The molecule has 3 rings (SSSR count). The molecule has 2 aromatic heterocycles. The van der Waals surface area contributed by atoms with Crippen LogP contribution < -0.4 is 0 Å². The third-order valence-corrected chi connectivity index (χ3v) is 3.44. The third-order valence-electron chi connectivity index (χ3n) is 3.44. The first kappa shape index (κ1) is 12.4. The van der Waals surface area contributed by atoms with E-state index in [0.29, 0.717) is 5.56 Å². The molecule has 0 aliphatic heterocycles. The number of pyridine rings is 1. The van der Waals surface area contributed by atoms with Gasteiger partial charge in [-0.05, 0) is 44.2 Å². The fraction of sp³-hybridized carbons (Fsp3) is 0.188. The molecule has 1 aromatic carbocycles. The summed E-state index contributed by atoms with van der Waals surface area (Å²) in [7, 11) is 0. The Balaban J connectivity index is 2.31. The van der Waals surface area contributed by atoms with Crippen molar-refractivity contribution < 1.29 is 0 Å². The highest BCUT2D eigenvalue weighted by molar-refractivity contribution is 5.82. The van der Waals surface area contributed by atoms with Crippen LogP contribution >= 0.6 is 0 Å². The van der Waals surface area contributed by atoms with E-state index in [9.17, 15) is 0 Å². The molecule has 0 aliphatic rings. The predicted molar refractivity (Wildman–Crippen MR) is 78.1 cm³/mol. The van der Waals surface area contributed by atoms with E-state index in [1.807, 2.05) is 37.3 Å². The molecule has 0 bridgehead atoms. The Labute approximate surface area is 117 Å². The van der Waals surface area contributed by atoms with Gasteiger partial charge >= 0.3 is 0 Å². The predicted octanol–water partition coefficient (Wildman–Crippen LogP) is 3.30. The van der Waals surface area contributed by atoms with E-state index in [4.69, 9.17) is 10.2 Å². The maximum atomic E-state index is 9.00. The fourth-order valence-corrected chi connectivity index (χ4v) is 2.45. The summed E-state index contributed by atoms with van der Waals surface area (Å²) in [6, 6.07) is 11.7. The van der Waals surface area contributed by atoms with E-state index in [-0.39, 0.29) is 0 Å². The van der Waals surface area contributed by atoms with E-state index in [0.717, 1.165) is 34.7 Å². The van der Waals surface area contributed by atoms with Crippen molar-refractivity contribution in [3.05, 3.63) is 47.8 Å². The van der Waals surface area contributed by atoms with Crippen molar-refractivity contribution in [3.8, 4) is 17.5 Å². The molecule has 4 nitrogen and oxygen atoms in total. The topological polar surface area (TPSA) is 54.5 Å². The molecular formula is C16H14N4. The van der Waals surface area contributed by atoms with Crippen LogP contribution in [0.4, 0.5) is 0 Å². The zero-order chi connectivity index (χ0) is 14.1. The zero-order valence-corrected chi connectivity index (χ0v) is 11.5. The normalized spacial score (nSPS) is 10.7. The molecule has 0 unspecified atom stereocenters. The van der Waals surface area contributed by atoms with Gasteiger partial charge in [0.25, 0.3) is 0 Å². The summed E-state index contributed by atoms with van der Waals surface area (Å²) >= 11 is 0. The number of fused-ring (bicyclic) bond motifs is 1. The second kappa shape index (κ2) is 4.78. The molecule has 0 radical (unpaired) electrons. The zero-order valence-electron chi connectivity index (χ0n) is 11.5. The molecule has 4 heteroatoms. The summed E-state index contributed by atoms with van der Waals surface area (Å²) < 4.78 is 2.15. The van der Waals surface area contributed by atoms with Crippen molar-refractivity contribution in [3.63, 3.8) is 0 Å². The van der Waals surface area contributed by atoms with E-state index < -0.39 is 0 Å². The van der Waals surface area contributed by atoms with Crippen LogP contribution in [0.3, 0.4) is 0 Å². The standard InChI is InChI=1S/C16H14N4/c1-3-20-15-7-6-12(10-17)9-14(15)19-16(20)13-5-4-8-18-11(13)2/h4-9H,3H2,1-2H3. The smallest absolute Gasteiger partial charge is 0.142 e. The molecule has 3 aromatic rings. The molecule has 0 saturated carbocycles. The van der Waals surface area contributed by atoms with Gasteiger partial charge in [-0.2, -0.15) is 5.26 Å². The minimum atomic E-state index is 0.632. The number of imidazole rings is 1. The minimum absolute atomic E-state index is 0.632. The van der Waals surface area contributed by atoms with Crippen molar-refractivity contribution in [2.24, 2.45) is 0 Å².